The fraction of sp³-hybridized carbons (Fsp3) is 0.700. The van der Waals surface area contributed by atoms with Crippen LogP contribution in [0, 0.1) is 0 Å². The molecule has 0 fully saturated rings. The van der Waals surface area contributed by atoms with E-state index in [0.717, 1.165) is 19.3 Å². The maximum absolute atomic E-state index is 12.0. The second-order valence-corrected chi connectivity index (χ2v) is 8.09. The van der Waals surface area contributed by atoms with Crippen LogP contribution in [0.3, 0.4) is 0 Å². The number of hydrogen-bond donors (Lipinski definition) is 1. The lowest BCUT2D eigenvalue weighted by Gasteiger charge is -2.17. The molecule has 1 aromatic carbocycles. The summed E-state index contributed by atoms with van der Waals surface area (Å²) in [6.07, 6.45) is 13.3. The normalized spacial score (nSPS) is 14.8. The van der Waals surface area contributed by atoms with E-state index in [9.17, 15) is 9.46 Å². The van der Waals surface area contributed by atoms with Gasteiger partial charge in [0.05, 0.1) is 6.10 Å². The van der Waals surface area contributed by atoms with Crippen LogP contribution in [0.2, 0.25) is 0 Å². The summed E-state index contributed by atoms with van der Waals surface area (Å²) in [5.41, 5.74) is 0. The summed E-state index contributed by atoms with van der Waals surface area (Å²) >= 11 is 0. The summed E-state index contributed by atoms with van der Waals surface area (Å²) in [5.74, 6) is 0.347. The van der Waals surface area contributed by atoms with Crippen molar-refractivity contribution < 1.29 is 18.5 Å². The second kappa shape index (κ2) is 13.4. The Hall–Kier alpha value is -0.830. The maximum Gasteiger partial charge on any atom is 0.527 e. The highest BCUT2D eigenvalue weighted by molar-refractivity contribution is 7.47. The van der Waals surface area contributed by atoms with E-state index in [0.29, 0.717) is 5.75 Å². The minimum absolute atomic E-state index is 0.284. The van der Waals surface area contributed by atoms with Crippen molar-refractivity contribution in [3.05, 3.63) is 30.3 Å². The van der Waals surface area contributed by atoms with Crippen LogP contribution in [0.15, 0.2) is 30.3 Å². The largest absolute Gasteiger partial charge is 0.527 e. The van der Waals surface area contributed by atoms with Gasteiger partial charge in [-0.1, -0.05) is 89.3 Å². The van der Waals surface area contributed by atoms with Gasteiger partial charge in [-0.15, -0.1) is 0 Å². The Labute approximate surface area is 153 Å². The van der Waals surface area contributed by atoms with Crippen molar-refractivity contribution in [2.24, 2.45) is 0 Å². The van der Waals surface area contributed by atoms with Crippen LogP contribution in [0.25, 0.3) is 0 Å². The molecular formula is C20H35O4P. The second-order valence-electron chi connectivity index (χ2n) is 6.76. The number of unbranched alkanes of at least 4 members (excludes halogenated alkanes) is 9. The summed E-state index contributed by atoms with van der Waals surface area (Å²) in [6, 6.07) is 8.60. The molecule has 0 aliphatic heterocycles. The van der Waals surface area contributed by atoms with Gasteiger partial charge in [0.15, 0.2) is 0 Å². The standard InChI is InChI=1S/C20H35O4P/c1-3-4-5-6-7-8-9-10-11-13-16-19(2)23-25(21,22)24-20-17-14-12-15-18-20/h12,14-15,17-19H,3-11,13,16H2,1-2H3,(H,21,22). The van der Waals surface area contributed by atoms with Gasteiger partial charge < -0.3 is 4.52 Å². The van der Waals surface area contributed by atoms with Gasteiger partial charge in [0, 0.05) is 0 Å². The first-order chi connectivity index (χ1) is 12.0. The molecule has 0 amide bonds. The van der Waals surface area contributed by atoms with Gasteiger partial charge in [0.2, 0.25) is 0 Å². The predicted octanol–water partition coefficient (Wildman–Crippen LogP) is 6.88. The highest BCUT2D eigenvalue weighted by Gasteiger charge is 2.25. The van der Waals surface area contributed by atoms with Crippen molar-refractivity contribution in [2.45, 2.75) is 90.6 Å². The van der Waals surface area contributed by atoms with Crippen molar-refractivity contribution in [1.82, 2.24) is 0 Å². The monoisotopic (exact) mass is 370 g/mol. The van der Waals surface area contributed by atoms with Gasteiger partial charge >= 0.3 is 7.82 Å². The Morgan fingerprint density at radius 1 is 0.920 bits per heavy atom. The lowest BCUT2D eigenvalue weighted by atomic mass is 10.1. The number of phosphoric acid groups is 1. The van der Waals surface area contributed by atoms with Crippen molar-refractivity contribution in [2.75, 3.05) is 0 Å². The average Bonchev–Trinajstić information content (AvgIpc) is 2.56. The zero-order valence-electron chi connectivity index (χ0n) is 15.9. The smallest absolute Gasteiger partial charge is 0.404 e. The quantitative estimate of drug-likeness (QED) is 0.270. The van der Waals surface area contributed by atoms with Gasteiger partial charge in [-0.05, 0) is 25.5 Å². The Kier molecular flexibility index (Phi) is 11.9. The van der Waals surface area contributed by atoms with Gasteiger partial charge in [-0.3, -0.25) is 9.42 Å². The van der Waals surface area contributed by atoms with Crippen LogP contribution in [-0.4, -0.2) is 11.0 Å². The summed E-state index contributed by atoms with van der Waals surface area (Å²) in [4.78, 5) is 9.81. The minimum atomic E-state index is -4.05. The van der Waals surface area contributed by atoms with Crippen LogP contribution in [-0.2, 0) is 9.09 Å². The zero-order chi connectivity index (χ0) is 18.4. The third-order valence-corrected chi connectivity index (χ3v) is 5.31. The first kappa shape index (κ1) is 22.2. The number of para-hydroxylation sites is 1. The number of benzene rings is 1. The van der Waals surface area contributed by atoms with Crippen LogP contribution >= 0.6 is 7.82 Å². The number of hydrogen-bond acceptors (Lipinski definition) is 3. The topological polar surface area (TPSA) is 55.8 Å². The average molecular weight is 370 g/mol. The molecule has 25 heavy (non-hydrogen) atoms. The summed E-state index contributed by atoms with van der Waals surface area (Å²) < 4.78 is 22.3. The van der Waals surface area contributed by atoms with Crippen LogP contribution in [0.4, 0.5) is 0 Å². The maximum atomic E-state index is 12.0. The lowest BCUT2D eigenvalue weighted by molar-refractivity contribution is 0.141. The Morgan fingerprint density at radius 2 is 1.44 bits per heavy atom. The van der Waals surface area contributed by atoms with Crippen LogP contribution in [0.5, 0.6) is 5.75 Å². The molecule has 0 aromatic heterocycles. The number of rotatable bonds is 15. The molecule has 0 saturated carbocycles. The molecular weight excluding hydrogens is 335 g/mol. The van der Waals surface area contributed by atoms with E-state index in [1.807, 2.05) is 13.0 Å². The van der Waals surface area contributed by atoms with Crippen molar-refractivity contribution >= 4 is 7.82 Å². The van der Waals surface area contributed by atoms with Gasteiger partial charge in [-0.25, -0.2) is 4.57 Å². The van der Waals surface area contributed by atoms with Crippen molar-refractivity contribution in [1.29, 1.82) is 0 Å². The molecule has 0 spiro atoms. The fourth-order valence-corrected chi connectivity index (χ4v) is 3.83. The zero-order valence-corrected chi connectivity index (χ0v) is 16.8. The van der Waals surface area contributed by atoms with Gasteiger partial charge in [0.1, 0.15) is 5.75 Å². The lowest BCUT2D eigenvalue weighted by Crippen LogP contribution is -2.09. The van der Waals surface area contributed by atoms with E-state index in [1.165, 1.54) is 51.4 Å². The van der Waals surface area contributed by atoms with E-state index in [4.69, 9.17) is 9.05 Å². The SMILES string of the molecule is CCCCCCCCCCCCC(C)OP(=O)(O)Oc1ccccc1. The van der Waals surface area contributed by atoms with E-state index >= 15 is 0 Å². The molecule has 144 valence electrons. The molecule has 0 aliphatic rings. The molecule has 0 bridgehead atoms. The summed E-state index contributed by atoms with van der Waals surface area (Å²) in [7, 11) is -4.05. The third kappa shape index (κ3) is 12.2. The summed E-state index contributed by atoms with van der Waals surface area (Å²) in [6.45, 7) is 4.07. The number of phosphoric ester groups is 1. The Bertz CT molecular complexity index is 478. The molecule has 0 radical (unpaired) electrons. The van der Waals surface area contributed by atoms with Crippen molar-refractivity contribution in [3.8, 4) is 5.75 Å². The van der Waals surface area contributed by atoms with E-state index in [1.54, 1.807) is 24.3 Å². The molecule has 0 heterocycles. The van der Waals surface area contributed by atoms with Gasteiger partial charge in [-0.2, -0.15) is 0 Å². The first-order valence-corrected chi connectivity index (χ1v) is 11.3. The summed E-state index contributed by atoms with van der Waals surface area (Å²) in [5, 5.41) is 0. The highest BCUT2D eigenvalue weighted by Crippen LogP contribution is 2.45. The fourth-order valence-electron chi connectivity index (χ4n) is 2.84. The minimum Gasteiger partial charge on any atom is -0.404 e. The molecule has 4 nitrogen and oxygen atoms in total. The third-order valence-electron chi connectivity index (χ3n) is 4.24. The van der Waals surface area contributed by atoms with Crippen LogP contribution in [0.1, 0.15) is 84.5 Å². The molecule has 1 aromatic rings. The van der Waals surface area contributed by atoms with Crippen LogP contribution < -0.4 is 4.52 Å². The van der Waals surface area contributed by atoms with Crippen molar-refractivity contribution in [3.63, 3.8) is 0 Å². The molecule has 0 saturated heterocycles. The van der Waals surface area contributed by atoms with E-state index < -0.39 is 7.82 Å². The molecule has 2 unspecified atom stereocenters. The molecule has 2 atom stereocenters. The molecule has 1 rings (SSSR count). The van der Waals surface area contributed by atoms with Gasteiger partial charge in [0.25, 0.3) is 0 Å². The predicted molar refractivity (Wildman–Crippen MR) is 104 cm³/mol. The molecule has 0 aliphatic carbocycles. The molecule has 5 heteroatoms. The van der Waals surface area contributed by atoms with E-state index in [-0.39, 0.29) is 6.10 Å². The Balaban J connectivity index is 2.04. The highest BCUT2D eigenvalue weighted by atomic mass is 31.2. The molecule has 1 N–H and O–H groups in total. The van der Waals surface area contributed by atoms with E-state index in [2.05, 4.69) is 6.92 Å². The Morgan fingerprint density at radius 3 is 2.00 bits per heavy atom. The first-order valence-electron chi connectivity index (χ1n) is 9.79.